The van der Waals surface area contributed by atoms with Crippen molar-refractivity contribution in [3.8, 4) is 12.3 Å². The minimum Gasteiger partial charge on any atom is -0.352 e. The van der Waals surface area contributed by atoms with Gasteiger partial charge in [-0.15, -0.1) is 12.3 Å². The van der Waals surface area contributed by atoms with Crippen LogP contribution in [0.3, 0.4) is 0 Å². The summed E-state index contributed by atoms with van der Waals surface area (Å²) in [6, 6.07) is 9.59. The Balaban J connectivity index is 2.72. The van der Waals surface area contributed by atoms with Crippen molar-refractivity contribution in [1.29, 1.82) is 0 Å². The lowest BCUT2D eigenvalue weighted by Gasteiger charge is -2.20. The lowest BCUT2D eigenvalue weighted by Crippen LogP contribution is -2.39. The Bertz CT molecular complexity index is 408. The first kappa shape index (κ1) is 14.3. The zero-order valence-corrected chi connectivity index (χ0v) is 10.7. The number of nitrogens with two attached hydrogens (primary N) is 1. The van der Waals surface area contributed by atoms with Gasteiger partial charge in [-0.25, -0.2) is 0 Å². The molecule has 3 N–H and O–H groups in total. The van der Waals surface area contributed by atoms with Gasteiger partial charge in [0, 0.05) is 19.0 Å². The third-order valence-electron chi connectivity index (χ3n) is 2.96. The van der Waals surface area contributed by atoms with Crippen LogP contribution < -0.4 is 11.1 Å². The second kappa shape index (κ2) is 7.52. The molecule has 2 unspecified atom stereocenters. The second-order valence-electron chi connectivity index (χ2n) is 4.22. The lowest BCUT2D eigenvalue weighted by molar-refractivity contribution is -0.123. The van der Waals surface area contributed by atoms with Crippen LogP contribution >= 0.6 is 0 Å². The fourth-order valence-corrected chi connectivity index (χ4v) is 1.82. The van der Waals surface area contributed by atoms with Gasteiger partial charge in [-0.05, 0) is 12.0 Å². The molecule has 3 heteroatoms. The molecule has 0 aromatic heterocycles. The van der Waals surface area contributed by atoms with Crippen LogP contribution in [-0.2, 0) is 4.79 Å². The topological polar surface area (TPSA) is 55.1 Å². The molecule has 18 heavy (non-hydrogen) atoms. The van der Waals surface area contributed by atoms with E-state index >= 15 is 0 Å². The van der Waals surface area contributed by atoms with Crippen molar-refractivity contribution in [2.75, 3.05) is 6.54 Å². The summed E-state index contributed by atoms with van der Waals surface area (Å²) in [4.78, 5) is 12.2. The molecule has 1 rings (SSSR count). The molecule has 0 heterocycles. The van der Waals surface area contributed by atoms with Gasteiger partial charge in [-0.2, -0.15) is 0 Å². The number of nitrogens with one attached hydrogen (secondary N) is 1. The first-order chi connectivity index (χ1) is 8.72. The largest absolute Gasteiger partial charge is 0.352 e. The van der Waals surface area contributed by atoms with E-state index in [0.717, 1.165) is 12.0 Å². The Morgan fingerprint density at radius 3 is 2.61 bits per heavy atom. The van der Waals surface area contributed by atoms with Gasteiger partial charge < -0.3 is 11.1 Å². The molecule has 0 spiro atoms. The molecule has 3 nitrogen and oxygen atoms in total. The van der Waals surface area contributed by atoms with Crippen LogP contribution in [0.2, 0.25) is 0 Å². The highest BCUT2D eigenvalue weighted by Gasteiger charge is 2.20. The van der Waals surface area contributed by atoms with Gasteiger partial charge in [0.1, 0.15) is 0 Å². The van der Waals surface area contributed by atoms with Crippen molar-refractivity contribution in [1.82, 2.24) is 5.32 Å². The predicted molar refractivity (Wildman–Crippen MR) is 73.9 cm³/mol. The Morgan fingerprint density at radius 2 is 2.11 bits per heavy atom. The van der Waals surface area contributed by atoms with Crippen LogP contribution in [0, 0.1) is 12.3 Å². The fourth-order valence-electron chi connectivity index (χ4n) is 1.82. The van der Waals surface area contributed by atoms with E-state index in [-0.39, 0.29) is 17.9 Å². The van der Waals surface area contributed by atoms with Gasteiger partial charge in [0.15, 0.2) is 0 Å². The molecule has 1 aromatic rings. The summed E-state index contributed by atoms with van der Waals surface area (Å²) < 4.78 is 0. The molecular formula is C15H20N2O. The maximum Gasteiger partial charge on any atom is 0.229 e. The molecule has 1 amide bonds. The zero-order valence-electron chi connectivity index (χ0n) is 10.7. The molecule has 0 aliphatic heterocycles. The van der Waals surface area contributed by atoms with Crippen molar-refractivity contribution >= 4 is 5.91 Å². The van der Waals surface area contributed by atoms with Gasteiger partial charge in [0.25, 0.3) is 0 Å². The monoisotopic (exact) mass is 244 g/mol. The number of carbonyl (C=O) groups is 1. The first-order valence-electron chi connectivity index (χ1n) is 6.21. The smallest absolute Gasteiger partial charge is 0.229 e. The molecule has 0 aliphatic rings. The van der Waals surface area contributed by atoms with E-state index in [1.54, 1.807) is 0 Å². The number of carbonyl (C=O) groups excluding carboxylic acids is 1. The number of hydrogen-bond acceptors (Lipinski definition) is 2. The molecule has 2 atom stereocenters. The average Bonchev–Trinajstić information content (AvgIpc) is 2.40. The van der Waals surface area contributed by atoms with Crippen molar-refractivity contribution in [2.24, 2.45) is 5.73 Å². The van der Waals surface area contributed by atoms with E-state index in [4.69, 9.17) is 12.2 Å². The summed E-state index contributed by atoms with van der Waals surface area (Å²) in [6.07, 6.45) is 6.65. The molecule has 0 fully saturated rings. The van der Waals surface area contributed by atoms with Gasteiger partial charge in [-0.3, -0.25) is 4.79 Å². The third-order valence-corrected chi connectivity index (χ3v) is 2.96. The van der Waals surface area contributed by atoms with Gasteiger partial charge in [-0.1, -0.05) is 37.3 Å². The van der Waals surface area contributed by atoms with Crippen molar-refractivity contribution in [3.05, 3.63) is 35.9 Å². The lowest BCUT2D eigenvalue weighted by atomic mass is 9.97. The van der Waals surface area contributed by atoms with E-state index in [1.807, 2.05) is 37.3 Å². The highest BCUT2D eigenvalue weighted by Crippen LogP contribution is 2.14. The van der Waals surface area contributed by atoms with Crippen LogP contribution in [0.15, 0.2) is 30.3 Å². The van der Waals surface area contributed by atoms with Gasteiger partial charge in [0.05, 0.1) is 5.92 Å². The zero-order chi connectivity index (χ0) is 13.4. The van der Waals surface area contributed by atoms with E-state index in [9.17, 15) is 4.79 Å². The fraction of sp³-hybridized carbons (Fsp3) is 0.400. The normalized spacial score (nSPS) is 13.4. The quantitative estimate of drug-likeness (QED) is 0.748. The number of rotatable bonds is 6. The van der Waals surface area contributed by atoms with E-state index < -0.39 is 0 Å². The summed E-state index contributed by atoms with van der Waals surface area (Å²) >= 11 is 0. The number of terminal acetylenes is 1. The molecule has 0 bridgehead atoms. The number of amides is 1. The van der Waals surface area contributed by atoms with Crippen molar-refractivity contribution in [2.45, 2.75) is 31.7 Å². The standard InChI is InChI=1S/C15H20N2O/c1-3-8-13(4-2)17-15(18)14(11-16)12-9-6-5-7-10-12/h1,5-7,9-10,13-14H,4,8,11,16H2,2H3,(H,17,18). The van der Waals surface area contributed by atoms with Gasteiger partial charge in [0.2, 0.25) is 5.91 Å². The van der Waals surface area contributed by atoms with E-state index in [1.165, 1.54) is 0 Å². The van der Waals surface area contributed by atoms with Crippen LogP contribution in [0.5, 0.6) is 0 Å². The maximum atomic E-state index is 12.2. The van der Waals surface area contributed by atoms with Gasteiger partial charge >= 0.3 is 0 Å². The Morgan fingerprint density at radius 1 is 1.44 bits per heavy atom. The molecule has 0 saturated carbocycles. The Kier molecular flexibility index (Phi) is 5.96. The SMILES string of the molecule is C#CCC(CC)NC(=O)C(CN)c1ccccc1. The summed E-state index contributed by atoms with van der Waals surface area (Å²) in [7, 11) is 0. The van der Waals surface area contributed by atoms with E-state index in [2.05, 4.69) is 11.2 Å². The minimum atomic E-state index is -0.307. The minimum absolute atomic E-state index is 0.0280. The summed E-state index contributed by atoms with van der Waals surface area (Å²) in [5.41, 5.74) is 6.63. The molecule has 1 aromatic carbocycles. The van der Waals surface area contributed by atoms with E-state index in [0.29, 0.717) is 13.0 Å². The first-order valence-corrected chi connectivity index (χ1v) is 6.21. The number of benzene rings is 1. The predicted octanol–water partition coefficient (Wildman–Crippen LogP) is 1.65. The van der Waals surface area contributed by atoms with Crippen LogP contribution in [-0.4, -0.2) is 18.5 Å². The summed E-state index contributed by atoms with van der Waals surface area (Å²) in [6.45, 7) is 2.30. The molecule has 0 saturated heterocycles. The molecule has 0 radical (unpaired) electrons. The summed E-state index contributed by atoms with van der Waals surface area (Å²) in [5.74, 6) is 2.22. The van der Waals surface area contributed by atoms with Crippen LogP contribution in [0.1, 0.15) is 31.2 Å². The molecular weight excluding hydrogens is 224 g/mol. The maximum absolute atomic E-state index is 12.2. The Hall–Kier alpha value is -1.79. The average molecular weight is 244 g/mol. The van der Waals surface area contributed by atoms with Crippen LogP contribution in [0.25, 0.3) is 0 Å². The van der Waals surface area contributed by atoms with Crippen molar-refractivity contribution < 1.29 is 4.79 Å². The van der Waals surface area contributed by atoms with Crippen LogP contribution in [0.4, 0.5) is 0 Å². The summed E-state index contributed by atoms with van der Waals surface area (Å²) in [5, 5.41) is 2.96. The number of hydrogen-bond donors (Lipinski definition) is 2. The third kappa shape index (κ3) is 3.90. The highest BCUT2D eigenvalue weighted by atomic mass is 16.1. The second-order valence-corrected chi connectivity index (χ2v) is 4.22. The molecule has 0 aliphatic carbocycles. The molecule has 96 valence electrons. The Labute approximate surface area is 109 Å². The highest BCUT2D eigenvalue weighted by molar-refractivity contribution is 5.84. The van der Waals surface area contributed by atoms with Crippen molar-refractivity contribution in [3.63, 3.8) is 0 Å².